The fourth-order valence-electron chi connectivity index (χ4n) is 4.54. The van der Waals surface area contributed by atoms with Gasteiger partial charge in [0.15, 0.2) is 0 Å². The first-order valence-corrected chi connectivity index (χ1v) is 13.1. The van der Waals surface area contributed by atoms with E-state index in [4.69, 9.17) is 4.74 Å². The quantitative estimate of drug-likeness (QED) is 0.411. The van der Waals surface area contributed by atoms with E-state index in [2.05, 4.69) is 72.1 Å². The van der Waals surface area contributed by atoms with Crippen LogP contribution in [0.5, 0.6) is 0 Å². The van der Waals surface area contributed by atoms with Gasteiger partial charge in [-0.3, -0.25) is 4.79 Å². The Morgan fingerprint density at radius 2 is 1.89 bits per heavy atom. The minimum atomic E-state index is -0.483. The normalized spacial score (nSPS) is 16.0. The average Bonchev–Trinajstić information content (AvgIpc) is 3.25. The molecule has 7 heteroatoms. The lowest BCUT2D eigenvalue weighted by Gasteiger charge is -2.34. The van der Waals surface area contributed by atoms with Crippen molar-refractivity contribution in [1.82, 2.24) is 19.7 Å². The van der Waals surface area contributed by atoms with Gasteiger partial charge < -0.3 is 24.4 Å². The molecule has 1 aliphatic rings. The molecule has 0 spiro atoms. The van der Waals surface area contributed by atoms with E-state index in [0.717, 1.165) is 53.6 Å². The number of aromatic nitrogens is 1. The third kappa shape index (κ3) is 7.25. The second-order valence-electron chi connectivity index (χ2n) is 10.5. The molecular formula is C31H41N5O2. The Hall–Kier alpha value is -3.60. The minimum Gasteiger partial charge on any atom is -0.385 e. The maximum Gasteiger partial charge on any atom is 0.262 e. The van der Waals surface area contributed by atoms with Crippen LogP contribution >= 0.6 is 0 Å². The topological polar surface area (TPSA) is 73.5 Å². The molecule has 0 radical (unpaired) electrons. The predicted molar refractivity (Wildman–Crippen MR) is 155 cm³/mol. The molecule has 1 N–H and O–H groups in total. The molecule has 0 saturated carbocycles. The van der Waals surface area contributed by atoms with E-state index in [9.17, 15) is 10.1 Å². The van der Waals surface area contributed by atoms with Crippen LogP contribution in [-0.2, 0) is 16.6 Å². The Bertz CT molecular complexity index is 1350. The number of nitriles is 1. The van der Waals surface area contributed by atoms with E-state index in [-0.39, 0.29) is 5.57 Å². The maximum absolute atomic E-state index is 12.8. The number of nitrogens with zero attached hydrogens (tertiary/aromatic N) is 4. The summed E-state index contributed by atoms with van der Waals surface area (Å²) >= 11 is 0. The molecule has 1 aromatic heterocycles. The van der Waals surface area contributed by atoms with Crippen LogP contribution in [-0.4, -0.2) is 72.8 Å². The molecule has 1 aliphatic heterocycles. The van der Waals surface area contributed by atoms with Gasteiger partial charge in [0.2, 0.25) is 0 Å². The number of likely N-dealkylation sites (N-methyl/N-ethyl adjacent to an activating group) is 1. The third-order valence-electron chi connectivity index (χ3n) is 7.11. The van der Waals surface area contributed by atoms with E-state index in [1.54, 1.807) is 13.2 Å². The molecule has 2 aromatic rings. The van der Waals surface area contributed by atoms with E-state index < -0.39 is 11.4 Å². The Morgan fingerprint density at radius 3 is 2.50 bits per heavy atom. The van der Waals surface area contributed by atoms with Crippen molar-refractivity contribution in [3.05, 3.63) is 63.8 Å². The summed E-state index contributed by atoms with van der Waals surface area (Å²) in [4.78, 5) is 17.6. The van der Waals surface area contributed by atoms with E-state index in [0.29, 0.717) is 13.0 Å². The van der Waals surface area contributed by atoms with Crippen molar-refractivity contribution in [2.75, 3.05) is 46.9 Å². The molecule has 2 heterocycles. The highest BCUT2D eigenvalue weighted by atomic mass is 16.5. The number of carbonyl (C=O) groups excluding carboxylic acids is 1. The summed E-state index contributed by atoms with van der Waals surface area (Å²) in [5, 5.41) is 14.7. The number of benzene rings is 1. The molecule has 0 atom stereocenters. The van der Waals surface area contributed by atoms with Crippen LogP contribution in [0.15, 0.2) is 47.7 Å². The zero-order chi connectivity index (χ0) is 27.9. The Morgan fingerprint density at radius 1 is 1.18 bits per heavy atom. The summed E-state index contributed by atoms with van der Waals surface area (Å²) in [6, 6.07) is 12.3. The molecule has 0 unspecified atom stereocenters. The van der Waals surface area contributed by atoms with Crippen LogP contribution in [0.3, 0.4) is 0 Å². The molecule has 38 heavy (non-hydrogen) atoms. The molecule has 3 rings (SSSR count). The van der Waals surface area contributed by atoms with Crippen LogP contribution in [0.4, 0.5) is 0 Å². The van der Waals surface area contributed by atoms with Crippen molar-refractivity contribution in [1.29, 1.82) is 5.26 Å². The molecule has 1 saturated heterocycles. The number of ether oxygens (including phenoxy) is 1. The number of piperazine rings is 1. The third-order valence-corrected chi connectivity index (χ3v) is 7.11. The molecule has 0 aliphatic carbocycles. The van der Waals surface area contributed by atoms with Gasteiger partial charge >= 0.3 is 0 Å². The smallest absolute Gasteiger partial charge is 0.262 e. The van der Waals surface area contributed by atoms with Gasteiger partial charge in [-0.05, 0) is 80.6 Å². The van der Waals surface area contributed by atoms with Crippen LogP contribution < -0.4 is 15.8 Å². The zero-order valence-corrected chi connectivity index (χ0v) is 23.7. The largest absolute Gasteiger partial charge is 0.385 e. The molecular weight excluding hydrogens is 474 g/mol. The highest BCUT2D eigenvalue weighted by Gasteiger charge is 2.22. The summed E-state index contributed by atoms with van der Waals surface area (Å²) in [6.45, 7) is 14.9. The van der Waals surface area contributed by atoms with Crippen molar-refractivity contribution in [3.63, 3.8) is 0 Å². The van der Waals surface area contributed by atoms with E-state index in [1.807, 2.05) is 37.6 Å². The van der Waals surface area contributed by atoms with Gasteiger partial charge in [0.1, 0.15) is 11.6 Å². The van der Waals surface area contributed by atoms with Gasteiger partial charge in [0, 0.05) is 69.6 Å². The van der Waals surface area contributed by atoms with Crippen LogP contribution in [0.25, 0.3) is 30.0 Å². The van der Waals surface area contributed by atoms with Crippen molar-refractivity contribution in [2.24, 2.45) is 7.05 Å². The highest BCUT2D eigenvalue weighted by molar-refractivity contribution is 6.02. The fraction of sp³-hybridized carbons (Fsp3) is 0.419. The van der Waals surface area contributed by atoms with Crippen molar-refractivity contribution in [3.8, 4) is 17.3 Å². The summed E-state index contributed by atoms with van der Waals surface area (Å²) in [6.07, 6.45) is 6.65. The van der Waals surface area contributed by atoms with Gasteiger partial charge in [0.25, 0.3) is 5.91 Å². The SMILES string of the molecule is C=c1cc(-c2ccc(/C=C(\C#N)C(=O)NC(C)(C)CCOC)n2C)cc/c1=C/C(=CC)N1CCN(C)CC1. The number of amides is 1. The number of hydrogen-bond donors (Lipinski definition) is 1. The molecule has 7 nitrogen and oxygen atoms in total. The summed E-state index contributed by atoms with van der Waals surface area (Å²) in [5.41, 5.74) is 3.58. The molecule has 1 aromatic carbocycles. The van der Waals surface area contributed by atoms with Gasteiger partial charge in [-0.2, -0.15) is 5.26 Å². The van der Waals surface area contributed by atoms with Crippen molar-refractivity contribution < 1.29 is 9.53 Å². The first-order valence-electron chi connectivity index (χ1n) is 13.1. The molecule has 0 bridgehead atoms. The maximum atomic E-state index is 12.8. The Kier molecular flexibility index (Phi) is 9.73. The fourth-order valence-corrected chi connectivity index (χ4v) is 4.54. The van der Waals surface area contributed by atoms with Crippen LogP contribution in [0.1, 0.15) is 32.9 Å². The lowest BCUT2D eigenvalue weighted by atomic mass is 10.0. The Labute approximate surface area is 227 Å². The summed E-state index contributed by atoms with van der Waals surface area (Å²) in [7, 11) is 5.72. The summed E-state index contributed by atoms with van der Waals surface area (Å²) < 4.78 is 7.11. The minimum absolute atomic E-state index is 0.0637. The Balaban J connectivity index is 1.83. The monoisotopic (exact) mass is 515 g/mol. The lowest BCUT2D eigenvalue weighted by molar-refractivity contribution is -0.118. The number of allylic oxidation sites excluding steroid dienone is 2. The highest BCUT2D eigenvalue weighted by Crippen LogP contribution is 2.22. The average molecular weight is 516 g/mol. The van der Waals surface area contributed by atoms with Crippen LogP contribution in [0.2, 0.25) is 0 Å². The number of methoxy groups -OCH3 is 1. The van der Waals surface area contributed by atoms with Gasteiger partial charge in [-0.1, -0.05) is 24.8 Å². The number of carbonyl (C=O) groups is 1. The second kappa shape index (κ2) is 12.8. The molecule has 1 fully saturated rings. The van der Waals surface area contributed by atoms with Gasteiger partial charge in [-0.15, -0.1) is 0 Å². The number of nitrogens with one attached hydrogen (secondary N) is 1. The molecule has 1 amide bonds. The van der Waals surface area contributed by atoms with Crippen molar-refractivity contribution >= 4 is 24.6 Å². The van der Waals surface area contributed by atoms with E-state index in [1.165, 1.54) is 5.70 Å². The first-order chi connectivity index (χ1) is 18.1. The molecule has 202 valence electrons. The standard InChI is InChI=1S/C31H41N5O2/c1-8-27(36-16-14-34(5)15-17-36)20-24-9-10-25(19-23(24)2)29-12-11-28(35(29)6)21-26(22-32)30(37)33-31(3,4)13-18-38-7/h8-12,19-21H,2,13-18H2,1,3-7H3,(H,33,37)/b24-20-,26-21+,27-8?. The lowest BCUT2D eigenvalue weighted by Crippen LogP contribution is -2.44. The summed E-state index contributed by atoms with van der Waals surface area (Å²) in [5.74, 6) is -0.392. The zero-order valence-electron chi connectivity index (χ0n) is 23.7. The first kappa shape index (κ1) is 29.0. The number of hydrogen-bond acceptors (Lipinski definition) is 5. The van der Waals surface area contributed by atoms with Crippen molar-refractivity contribution in [2.45, 2.75) is 32.7 Å². The van der Waals surface area contributed by atoms with Gasteiger partial charge in [-0.25, -0.2) is 0 Å². The van der Waals surface area contributed by atoms with Crippen LogP contribution in [0, 0.1) is 11.3 Å². The predicted octanol–water partition coefficient (Wildman–Crippen LogP) is 2.87. The van der Waals surface area contributed by atoms with E-state index >= 15 is 0 Å². The second-order valence-corrected chi connectivity index (χ2v) is 10.5. The van der Waals surface area contributed by atoms with Gasteiger partial charge in [0.05, 0.1) is 0 Å². The number of rotatable bonds is 9.